The van der Waals surface area contributed by atoms with Gasteiger partial charge in [-0.3, -0.25) is 4.98 Å². The molecule has 0 bridgehead atoms. The molecule has 1 N–H and O–H groups in total. The Hall–Kier alpha value is -1.82. The van der Waals surface area contributed by atoms with Crippen molar-refractivity contribution in [2.45, 2.75) is 13.2 Å². The van der Waals surface area contributed by atoms with Gasteiger partial charge in [0.25, 0.3) is 0 Å². The number of aliphatic hydroxyl groups is 1. The summed E-state index contributed by atoms with van der Waals surface area (Å²) in [5.74, 6) is 0. The standard InChI is InChI=1S/C10H9F2N3O/c11-10(12)15-7(6-16)5-9(14-15)8-3-1-2-4-13-8/h1-5,10,16H,6H2. The fraction of sp³-hybridized carbons (Fsp3) is 0.200. The maximum atomic E-state index is 12.5. The predicted molar refractivity (Wildman–Crippen MR) is 52.6 cm³/mol. The quantitative estimate of drug-likeness (QED) is 0.867. The molecule has 0 saturated heterocycles. The number of alkyl halides is 2. The van der Waals surface area contributed by atoms with E-state index >= 15 is 0 Å². The first-order chi connectivity index (χ1) is 7.72. The third kappa shape index (κ3) is 1.92. The van der Waals surface area contributed by atoms with Crippen molar-refractivity contribution in [2.75, 3.05) is 0 Å². The average Bonchev–Trinajstić information content (AvgIpc) is 2.74. The number of nitrogens with zero attached hydrogens (tertiary/aromatic N) is 3. The Balaban J connectivity index is 2.44. The second-order valence-electron chi connectivity index (χ2n) is 3.12. The maximum Gasteiger partial charge on any atom is 0.333 e. The van der Waals surface area contributed by atoms with E-state index in [4.69, 9.17) is 5.11 Å². The number of hydrogen-bond donors (Lipinski definition) is 1. The molecular formula is C10H9F2N3O. The van der Waals surface area contributed by atoms with Gasteiger partial charge in [-0.2, -0.15) is 13.9 Å². The van der Waals surface area contributed by atoms with Crippen LogP contribution in [-0.2, 0) is 6.61 Å². The Morgan fingerprint density at radius 2 is 2.12 bits per heavy atom. The molecule has 4 nitrogen and oxygen atoms in total. The van der Waals surface area contributed by atoms with Gasteiger partial charge in [0.15, 0.2) is 0 Å². The lowest BCUT2D eigenvalue weighted by atomic mass is 10.2. The first-order valence-electron chi connectivity index (χ1n) is 4.61. The van der Waals surface area contributed by atoms with Crippen LogP contribution in [0.1, 0.15) is 12.2 Å². The molecule has 2 aromatic rings. The molecule has 84 valence electrons. The summed E-state index contributed by atoms with van der Waals surface area (Å²) in [5.41, 5.74) is 0.886. The van der Waals surface area contributed by atoms with Crippen molar-refractivity contribution < 1.29 is 13.9 Å². The maximum absolute atomic E-state index is 12.5. The molecule has 0 unspecified atom stereocenters. The van der Waals surface area contributed by atoms with Crippen LogP contribution in [0.15, 0.2) is 30.5 Å². The van der Waals surface area contributed by atoms with Gasteiger partial charge in [0.2, 0.25) is 0 Å². The molecule has 2 heterocycles. The van der Waals surface area contributed by atoms with Crippen LogP contribution >= 0.6 is 0 Å². The van der Waals surface area contributed by atoms with E-state index in [9.17, 15) is 8.78 Å². The highest BCUT2D eigenvalue weighted by Gasteiger charge is 2.15. The van der Waals surface area contributed by atoms with Gasteiger partial charge in [-0.1, -0.05) is 6.07 Å². The summed E-state index contributed by atoms with van der Waals surface area (Å²) >= 11 is 0. The fourth-order valence-corrected chi connectivity index (χ4v) is 1.36. The van der Waals surface area contributed by atoms with Crippen LogP contribution in [0.4, 0.5) is 8.78 Å². The van der Waals surface area contributed by atoms with Crippen LogP contribution in [0.5, 0.6) is 0 Å². The number of aliphatic hydroxyl groups excluding tert-OH is 1. The highest BCUT2D eigenvalue weighted by molar-refractivity contribution is 5.53. The largest absolute Gasteiger partial charge is 0.390 e. The third-order valence-corrected chi connectivity index (χ3v) is 2.09. The van der Waals surface area contributed by atoms with Crippen molar-refractivity contribution in [3.63, 3.8) is 0 Å². The van der Waals surface area contributed by atoms with E-state index in [1.54, 1.807) is 24.4 Å². The van der Waals surface area contributed by atoms with Crippen LogP contribution in [0.2, 0.25) is 0 Å². The van der Waals surface area contributed by atoms with Gasteiger partial charge in [-0.25, -0.2) is 4.68 Å². The first kappa shape index (κ1) is 10.7. The highest BCUT2D eigenvalue weighted by atomic mass is 19.3. The summed E-state index contributed by atoms with van der Waals surface area (Å²) in [6.07, 6.45) is 1.55. The zero-order chi connectivity index (χ0) is 11.5. The number of rotatable bonds is 3. The van der Waals surface area contributed by atoms with Gasteiger partial charge >= 0.3 is 6.55 Å². The van der Waals surface area contributed by atoms with Gasteiger partial charge < -0.3 is 5.11 Å². The lowest BCUT2D eigenvalue weighted by Gasteiger charge is -2.01. The molecule has 0 spiro atoms. The van der Waals surface area contributed by atoms with E-state index in [0.29, 0.717) is 16.1 Å². The summed E-state index contributed by atoms with van der Waals surface area (Å²) in [7, 11) is 0. The monoisotopic (exact) mass is 225 g/mol. The molecule has 16 heavy (non-hydrogen) atoms. The molecule has 0 aromatic carbocycles. The Kier molecular flexibility index (Phi) is 2.91. The van der Waals surface area contributed by atoms with Crippen molar-refractivity contribution in [2.24, 2.45) is 0 Å². The number of pyridine rings is 1. The predicted octanol–water partition coefficient (Wildman–Crippen LogP) is 1.83. The van der Waals surface area contributed by atoms with Crippen molar-refractivity contribution in [3.05, 3.63) is 36.2 Å². The molecule has 2 aromatic heterocycles. The molecule has 0 amide bonds. The zero-order valence-corrected chi connectivity index (χ0v) is 8.22. The molecule has 0 aliphatic heterocycles. The number of halogens is 2. The summed E-state index contributed by atoms with van der Waals surface area (Å²) in [6, 6.07) is 6.52. The van der Waals surface area contributed by atoms with Gasteiger partial charge in [0, 0.05) is 6.20 Å². The Labute approximate surface area is 90.2 Å². The van der Waals surface area contributed by atoms with Crippen molar-refractivity contribution in [3.8, 4) is 11.4 Å². The van der Waals surface area contributed by atoms with Gasteiger partial charge in [-0.15, -0.1) is 0 Å². The molecule has 0 saturated carbocycles. The Bertz CT molecular complexity index is 470. The van der Waals surface area contributed by atoms with Crippen molar-refractivity contribution >= 4 is 0 Å². The van der Waals surface area contributed by atoms with Gasteiger partial charge in [-0.05, 0) is 18.2 Å². The lowest BCUT2D eigenvalue weighted by Crippen LogP contribution is -2.05. The molecule has 6 heteroatoms. The molecule has 0 aliphatic rings. The van der Waals surface area contributed by atoms with E-state index in [1.807, 2.05) is 0 Å². The third-order valence-electron chi connectivity index (χ3n) is 2.09. The normalized spacial score (nSPS) is 11.0. The average molecular weight is 225 g/mol. The van der Waals surface area contributed by atoms with Crippen LogP contribution < -0.4 is 0 Å². The molecule has 0 atom stereocenters. The molecule has 0 radical (unpaired) electrons. The highest BCUT2D eigenvalue weighted by Crippen LogP contribution is 2.20. The van der Waals surface area contributed by atoms with E-state index in [2.05, 4.69) is 10.1 Å². The SMILES string of the molecule is OCc1cc(-c2ccccn2)nn1C(F)F. The van der Waals surface area contributed by atoms with E-state index in [0.717, 1.165) is 0 Å². The molecule has 2 rings (SSSR count). The van der Waals surface area contributed by atoms with Crippen molar-refractivity contribution in [1.29, 1.82) is 0 Å². The topological polar surface area (TPSA) is 50.9 Å². The zero-order valence-electron chi connectivity index (χ0n) is 8.22. The second kappa shape index (κ2) is 4.36. The number of hydrogen-bond acceptors (Lipinski definition) is 3. The van der Waals surface area contributed by atoms with Crippen LogP contribution in [0.25, 0.3) is 11.4 Å². The van der Waals surface area contributed by atoms with Crippen LogP contribution in [0, 0.1) is 0 Å². The summed E-state index contributed by atoms with van der Waals surface area (Å²) in [6.45, 7) is -3.25. The van der Waals surface area contributed by atoms with E-state index in [-0.39, 0.29) is 5.69 Å². The number of aromatic nitrogens is 3. The van der Waals surface area contributed by atoms with Gasteiger partial charge in [0.1, 0.15) is 5.69 Å². The summed E-state index contributed by atoms with van der Waals surface area (Å²) in [5, 5.41) is 12.6. The molecule has 0 fully saturated rings. The minimum Gasteiger partial charge on any atom is -0.390 e. The smallest absolute Gasteiger partial charge is 0.333 e. The molecular weight excluding hydrogens is 216 g/mol. The first-order valence-corrected chi connectivity index (χ1v) is 4.61. The van der Waals surface area contributed by atoms with Crippen molar-refractivity contribution in [1.82, 2.24) is 14.8 Å². The Morgan fingerprint density at radius 1 is 1.31 bits per heavy atom. The van der Waals surface area contributed by atoms with E-state index in [1.165, 1.54) is 6.07 Å². The summed E-state index contributed by atoms with van der Waals surface area (Å²) in [4.78, 5) is 3.99. The lowest BCUT2D eigenvalue weighted by molar-refractivity contribution is 0.0492. The second-order valence-corrected chi connectivity index (χ2v) is 3.12. The minimum absolute atomic E-state index is 0.0654. The van der Waals surface area contributed by atoms with Gasteiger partial charge in [0.05, 0.1) is 18.0 Å². The fourth-order valence-electron chi connectivity index (χ4n) is 1.36. The Morgan fingerprint density at radius 3 is 2.62 bits per heavy atom. The molecule has 0 aliphatic carbocycles. The van der Waals surface area contributed by atoms with E-state index < -0.39 is 13.2 Å². The van der Waals surface area contributed by atoms with Crippen LogP contribution in [0.3, 0.4) is 0 Å². The van der Waals surface area contributed by atoms with Crippen LogP contribution in [-0.4, -0.2) is 19.9 Å². The summed E-state index contributed by atoms with van der Waals surface area (Å²) < 4.78 is 25.5. The minimum atomic E-state index is -2.76.